The second kappa shape index (κ2) is 5.61. The van der Waals surface area contributed by atoms with Crippen LogP contribution in [0, 0.1) is 0 Å². The SMILES string of the molecule is Cn1cc([C@H](CO)NCc2ccccc2)cn1. The molecule has 1 aromatic heterocycles. The van der Waals surface area contributed by atoms with Gasteiger partial charge in [-0.25, -0.2) is 0 Å². The Kier molecular flexibility index (Phi) is 3.90. The van der Waals surface area contributed by atoms with Gasteiger partial charge >= 0.3 is 0 Å². The van der Waals surface area contributed by atoms with Crippen LogP contribution < -0.4 is 5.32 Å². The maximum absolute atomic E-state index is 9.37. The quantitative estimate of drug-likeness (QED) is 0.814. The molecule has 17 heavy (non-hydrogen) atoms. The van der Waals surface area contributed by atoms with Gasteiger partial charge in [0.05, 0.1) is 18.8 Å². The van der Waals surface area contributed by atoms with Gasteiger partial charge in [-0.15, -0.1) is 0 Å². The zero-order valence-electron chi connectivity index (χ0n) is 9.87. The van der Waals surface area contributed by atoms with E-state index < -0.39 is 0 Å². The van der Waals surface area contributed by atoms with Crippen molar-refractivity contribution in [2.45, 2.75) is 12.6 Å². The molecule has 4 heteroatoms. The monoisotopic (exact) mass is 231 g/mol. The average molecular weight is 231 g/mol. The molecule has 0 aliphatic carbocycles. The van der Waals surface area contributed by atoms with Crippen molar-refractivity contribution in [3.63, 3.8) is 0 Å². The van der Waals surface area contributed by atoms with Crippen LogP contribution in [0.3, 0.4) is 0 Å². The maximum Gasteiger partial charge on any atom is 0.0627 e. The van der Waals surface area contributed by atoms with Gasteiger partial charge in [0.2, 0.25) is 0 Å². The Morgan fingerprint density at radius 2 is 2.12 bits per heavy atom. The lowest BCUT2D eigenvalue weighted by molar-refractivity contribution is 0.243. The van der Waals surface area contributed by atoms with Crippen LogP contribution >= 0.6 is 0 Å². The fraction of sp³-hybridized carbons (Fsp3) is 0.308. The fourth-order valence-corrected chi connectivity index (χ4v) is 1.74. The van der Waals surface area contributed by atoms with Crippen molar-refractivity contribution in [1.82, 2.24) is 15.1 Å². The molecule has 0 saturated heterocycles. The summed E-state index contributed by atoms with van der Waals surface area (Å²) in [6.45, 7) is 0.805. The Morgan fingerprint density at radius 3 is 2.71 bits per heavy atom. The van der Waals surface area contributed by atoms with E-state index in [9.17, 15) is 5.11 Å². The van der Waals surface area contributed by atoms with E-state index in [1.54, 1.807) is 10.9 Å². The summed E-state index contributed by atoms with van der Waals surface area (Å²) in [6, 6.07) is 10.1. The van der Waals surface area contributed by atoms with E-state index in [0.717, 1.165) is 12.1 Å². The van der Waals surface area contributed by atoms with Crippen LogP contribution in [0.1, 0.15) is 17.2 Å². The zero-order valence-corrected chi connectivity index (χ0v) is 9.87. The minimum absolute atomic E-state index is 0.0658. The van der Waals surface area contributed by atoms with Gasteiger partial charge in [0, 0.05) is 25.4 Å². The molecule has 90 valence electrons. The molecule has 2 N–H and O–H groups in total. The second-order valence-electron chi connectivity index (χ2n) is 4.05. The van der Waals surface area contributed by atoms with Crippen LogP contribution in [0.15, 0.2) is 42.7 Å². The molecule has 1 atom stereocenters. The van der Waals surface area contributed by atoms with Crippen LogP contribution in [0.4, 0.5) is 0 Å². The Balaban J connectivity index is 1.97. The van der Waals surface area contributed by atoms with Gasteiger partial charge in [-0.2, -0.15) is 5.10 Å². The van der Waals surface area contributed by atoms with Gasteiger partial charge in [0.1, 0.15) is 0 Å². The number of hydrogen-bond donors (Lipinski definition) is 2. The highest BCUT2D eigenvalue weighted by Gasteiger charge is 2.11. The number of benzene rings is 1. The summed E-state index contributed by atoms with van der Waals surface area (Å²) in [5.41, 5.74) is 2.21. The van der Waals surface area contributed by atoms with Gasteiger partial charge in [0.15, 0.2) is 0 Å². The van der Waals surface area contributed by atoms with Gasteiger partial charge in [0.25, 0.3) is 0 Å². The van der Waals surface area contributed by atoms with Crippen LogP contribution in [0.5, 0.6) is 0 Å². The molecule has 0 unspecified atom stereocenters. The minimum Gasteiger partial charge on any atom is -0.394 e. The first-order chi connectivity index (χ1) is 8.29. The molecule has 0 bridgehead atoms. The highest BCUT2D eigenvalue weighted by atomic mass is 16.3. The summed E-state index contributed by atoms with van der Waals surface area (Å²) in [5, 5.41) is 16.8. The van der Waals surface area contributed by atoms with Crippen molar-refractivity contribution < 1.29 is 5.11 Å². The number of hydrogen-bond acceptors (Lipinski definition) is 3. The normalized spacial score (nSPS) is 12.6. The predicted molar refractivity (Wildman–Crippen MR) is 66.3 cm³/mol. The van der Waals surface area contributed by atoms with Gasteiger partial charge in [-0.1, -0.05) is 30.3 Å². The van der Waals surface area contributed by atoms with Crippen molar-refractivity contribution in [3.8, 4) is 0 Å². The van der Waals surface area contributed by atoms with Gasteiger partial charge < -0.3 is 10.4 Å². The first-order valence-electron chi connectivity index (χ1n) is 5.66. The lowest BCUT2D eigenvalue weighted by Crippen LogP contribution is -2.23. The smallest absolute Gasteiger partial charge is 0.0627 e. The zero-order chi connectivity index (χ0) is 12.1. The predicted octanol–water partition coefficient (Wildman–Crippen LogP) is 1.24. The molecule has 2 rings (SSSR count). The van der Waals surface area contributed by atoms with Crippen LogP contribution in [-0.2, 0) is 13.6 Å². The highest BCUT2D eigenvalue weighted by molar-refractivity contribution is 5.16. The molecular formula is C13H17N3O. The third kappa shape index (κ3) is 3.15. The summed E-state index contributed by atoms with van der Waals surface area (Å²) < 4.78 is 1.74. The van der Waals surface area contributed by atoms with E-state index in [4.69, 9.17) is 0 Å². The van der Waals surface area contributed by atoms with Crippen LogP contribution in [0.25, 0.3) is 0 Å². The molecule has 0 aliphatic rings. The molecule has 0 saturated carbocycles. The maximum atomic E-state index is 9.37. The van der Waals surface area contributed by atoms with Crippen molar-refractivity contribution in [1.29, 1.82) is 0 Å². The molecule has 1 aromatic carbocycles. The molecule has 0 spiro atoms. The molecular weight excluding hydrogens is 214 g/mol. The first-order valence-corrected chi connectivity index (χ1v) is 5.66. The molecule has 0 radical (unpaired) electrons. The summed E-state index contributed by atoms with van der Waals surface area (Å²) in [5.74, 6) is 0. The molecule has 4 nitrogen and oxygen atoms in total. The highest BCUT2D eigenvalue weighted by Crippen LogP contribution is 2.11. The van der Waals surface area contributed by atoms with E-state index in [0.29, 0.717) is 0 Å². The van der Waals surface area contributed by atoms with E-state index in [1.165, 1.54) is 5.56 Å². The number of aryl methyl sites for hydroxylation is 1. The second-order valence-corrected chi connectivity index (χ2v) is 4.05. The summed E-state index contributed by atoms with van der Waals surface area (Å²) in [6.07, 6.45) is 3.69. The third-order valence-corrected chi connectivity index (χ3v) is 2.71. The Bertz CT molecular complexity index is 453. The number of rotatable bonds is 5. The van der Waals surface area contributed by atoms with Crippen molar-refractivity contribution in [3.05, 3.63) is 53.9 Å². The summed E-state index contributed by atoms with van der Waals surface area (Å²) in [4.78, 5) is 0. The molecule has 1 heterocycles. The lowest BCUT2D eigenvalue weighted by Gasteiger charge is -2.14. The van der Waals surface area contributed by atoms with Gasteiger partial charge in [-0.05, 0) is 5.56 Å². The van der Waals surface area contributed by atoms with Crippen molar-refractivity contribution in [2.24, 2.45) is 7.05 Å². The number of aromatic nitrogens is 2. The van der Waals surface area contributed by atoms with E-state index >= 15 is 0 Å². The number of nitrogens with zero attached hydrogens (tertiary/aromatic N) is 2. The Labute approximate surface area is 101 Å². The van der Waals surface area contributed by atoms with Crippen molar-refractivity contribution >= 4 is 0 Å². The van der Waals surface area contributed by atoms with Crippen molar-refractivity contribution in [2.75, 3.05) is 6.61 Å². The van der Waals surface area contributed by atoms with Crippen LogP contribution in [0.2, 0.25) is 0 Å². The standard InChI is InChI=1S/C13H17N3O/c1-16-9-12(8-15-16)13(10-17)14-7-11-5-3-2-4-6-11/h2-6,8-9,13-14,17H,7,10H2,1H3/t13-/m0/s1. The molecule has 2 aromatic rings. The summed E-state index contributed by atoms with van der Waals surface area (Å²) in [7, 11) is 1.87. The summed E-state index contributed by atoms with van der Waals surface area (Å²) >= 11 is 0. The van der Waals surface area contributed by atoms with Gasteiger partial charge in [-0.3, -0.25) is 4.68 Å². The molecule has 0 fully saturated rings. The minimum atomic E-state index is -0.0658. The fourth-order valence-electron chi connectivity index (χ4n) is 1.74. The van der Waals surface area contributed by atoms with E-state index in [-0.39, 0.29) is 12.6 Å². The van der Waals surface area contributed by atoms with E-state index in [1.807, 2.05) is 31.4 Å². The van der Waals surface area contributed by atoms with E-state index in [2.05, 4.69) is 22.5 Å². The lowest BCUT2D eigenvalue weighted by atomic mass is 10.1. The largest absolute Gasteiger partial charge is 0.394 e. The Hall–Kier alpha value is -1.65. The number of aliphatic hydroxyl groups is 1. The third-order valence-electron chi connectivity index (χ3n) is 2.71. The van der Waals surface area contributed by atoms with Crippen LogP contribution in [-0.4, -0.2) is 21.5 Å². The topological polar surface area (TPSA) is 50.1 Å². The first kappa shape index (κ1) is 11.8. The average Bonchev–Trinajstić information content (AvgIpc) is 2.78. The number of nitrogens with one attached hydrogen (secondary N) is 1. The Morgan fingerprint density at radius 1 is 1.35 bits per heavy atom. The molecule has 0 amide bonds. The molecule has 0 aliphatic heterocycles. The number of aliphatic hydroxyl groups excluding tert-OH is 1.